The van der Waals surface area contributed by atoms with E-state index in [9.17, 15) is 0 Å². The van der Waals surface area contributed by atoms with E-state index in [4.69, 9.17) is 10.5 Å². The maximum absolute atomic E-state index is 5.93. The number of nitrogen functional groups attached to an aromatic ring is 1. The van der Waals surface area contributed by atoms with Crippen LogP contribution in [0.5, 0.6) is 0 Å². The molecule has 0 saturated heterocycles. The van der Waals surface area contributed by atoms with Crippen LogP contribution in [-0.4, -0.2) is 6.10 Å². The summed E-state index contributed by atoms with van der Waals surface area (Å²) in [7, 11) is 0. The van der Waals surface area contributed by atoms with Gasteiger partial charge in [0.2, 0.25) is 0 Å². The van der Waals surface area contributed by atoms with E-state index in [-0.39, 0.29) is 0 Å². The molecule has 2 aromatic rings. The molecule has 1 aliphatic carbocycles. The van der Waals surface area contributed by atoms with Crippen molar-refractivity contribution in [2.24, 2.45) is 0 Å². The van der Waals surface area contributed by atoms with Gasteiger partial charge in [-0.1, -0.05) is 49.2 Å². The van der Waals surface area contributed by atoms with Crippen molar-refractivity contribution in [3.8, 4) is 11.1 Å². The molecule has 0 radical (unpaired) electrons. The largest absolute Gasteiger partial charge is 0.399 e. The van der Waals surface area contributed by atoms with Crippen molar-refractivity contribution in [1.82, 2.24) is 0 Å². The molecule has 2 nitrogen and oxygen atoms in total. The first-order valence-corrected chi connectivity index (χ1v) is 7.38. The van der Waals surface area contributed by atoms with Crippen LogP contribution in [0.3, 0.4) is 0 Å². The molecule has 2 heteroatoms. The summed E-state index contributed by atoms with van der Waals surface area (Å²) in [6.07, 6.45) is 5.57. The Hall–Kier alpha value is -1.80. The fourth-order valence-electron chi connectivity index (χ4n) is 2.74. The summed E-state index contributed by atoms with van der Waals surface area (Å²) in [4.78, 5) is 0. The zero-order valence-corrected chi connectivity index (χ0v) is 11.7. The van der Waals surface area contributed by atoms with Gasteiger partial charge in [-0.25, -0.2) is 0 Å². The molecule has 0 aliphatic heterocycles. The highest BCUT2D eigenvalue weighted by Gasteiger charge is 2.14. The zero-order chi connectivity index (χ0) is 13.8. The Morgan fingerprint density at radius 3 is 2.00 bits per heavy atom. The Balaban J connectivity index is 1.63. The Labute approximate surface area is 120 Å². The highest BCUT2D eigenvalue weighted by molar-refractivity contribution is 5.65. The van der Waals surface area contributed by atoms with Gasteiger partial charge in [0, 0.05) is 5.69 Å². The van der Waals surface area contributed by atoms with Gasteiger partial charge in [-0.3, -0.25) is 0 Å². The molecule has 104 valence electrons. The smallest absolute Gasteiger partial charge is 0.0720 e. The molecule has 0 heterocycles. The minimum atomic E-state index is 0.478. The number of nitrogens with two attached hydrogens (primary N) is 1. The molecule has 0 unspecified atom stereocenters. The third-order valence-electron chi connectivity index (χ3n) is 3.99. The van der Waals surface area contributed by atoms with Gasteiger partial charge in [-0.15, -0.1) is 0 Å². The summed E-state index contributed by atoms with van der Waals surface area (Å²) in [5.74, 6) is 0. The van der Waals surface area contributed by atoms with Gasteiger partial charge in [0.1, 0.15) is 0 Å². The number of ether oxygens (including phenoxy) is 1. The SMILES string of the molecule is Nc1ccc(-c2ccc(COC3CCCC3)cc2)cc1. The molecule has 0 atom stereocenters. The second-order valence-corrected chi connectivity index (χ2v) is 5.54. The molecule has 0 spiro atoms. The predicted octanol–water partition coefficient (Wildman–Crippen LogP) is 4.40. The fraction of sp³-hybridized carbons (Fsp3) is 0.333. The van der Waals surface area contributed by atoms with E-state index in [0.29, 0.717) is 6.10 Å². The number of anilines is 1. The predicted molar refractivity (Wildman–Crippen MR) is 83.3 cm³/mol. The topological polar surface area (TPSA) is 35.2 Å². The molecule has 2 aromatic carbocycles. The van der Waals surface area contributed by atoms with Gasteiger partial charge < -0.3 is 10.5 Å². The summed E-state index contributed by atoms with van der Waals surface area (Å²) >= 11 is 0. The third kappa shape index (κ3) is 3.20. The molecule has 20 heavy (non-hydrogen) atoms. The quantitative estimate of drug-likeness (QED) is 0.833. The van der Waals surface area contributed by atoms with Crippen molar-refractivity contribution in [1.29, 1.82) is 0 Å². The molecule has 1 saturated carbocycles. The highest BCUT2D eigenvalue weighted by atomic mass is 16.5. The average molecular weight is 267 g/mol. The molecule has 0 aromatic heterocycles. The van der Waals surface area contributed by atoms with Gasteiger partial charge in [0.25, 0.3) is 0 Å². The van der Waals surface area contributed by atoms with Crippen molar-refractivity contribution < 1.29 is 4.74 Å². The summed E-state index contributed by atoms with van der Waals surface area (Å²) in [5.41, 5.74) is 10.2. The number of hydrogen-bond donors (Lipinski definition) is 1. The lowest BCUT2D eigenvalue weighted by atomic mass is 10.0. The van der Waals surface area contributed by atoms with Crippen LogP contribution in [0.25, 0.3) is 11.1 Å². The van der Waals surface area contributed by atoms with Crippen molar-refractivity contribution in [2.45, 2.75) is 38.4 Å². The van der Waals surface area contributed by atoms with Gasteiger partial charge >= 0.3 is 0 Å². The van der Waals surface area contributed by atoms with E-state index in [0.717, 1.165) is 12.3 Å². The van der Waals surface area contributed by atoms with Crippen LogP contribution in [0.1, 0.15) is 31.2 Å². The van der Waals surface area contributed by atoms with E-state index in [1.165, 1.54) is 42.4 Å². The normalized spacial score (nSPS) is 15.6. The Bertz CT molecular complexity index is 539. The van der Waals surface area contributed by atoms with Gasteiger partial charge in [-0.05, 0) is 41.7 Å². The van der Waals surface area contributed by atoms with Crippen LogP contribution in [0.15, 0.2) is 48.5 Å². The van der Waals surface area contributed by atoms with Crippen molar-refractivity contribution >= 4 is 5.69 Å². The summed E-state index contributed by atoms with van der Waals surface area (Å²) in [6.45, 7) is 0.729. The monoisotopic (exact) mass is 267 g/mol. The standard InChI is InChI=1S/C18H21NO/c19-17-11-9-16(10-12-17)15-7-5-14(6-8-15)13-20-18-3-1-2-4-18/h5-12,18H,1-4,13,19H2. The first kappa shape index (κ1) is 13.2. The van der Waals surface area contributed by atoms with Gasteiger partial charge in [0.05, 0.1) is 12.7 Å². The molecule has 0 amide bonds. The summed E-state index contributed by atoms with van der Waals surface area (Å²) < 4.78 is 5.93. The van der Waals surface area contributed by atoms with Gasteiger partial charge in [0.15, 0.2) is 0 Å². The Morgan fingerprint density at radius 2 is 1.40 bits per heavy atom. The number of benzene rings is 2. The third-order valence-corrected chi connectivity index (χ3v) is 3.99. The minimum Gasteiger partial charge on any atom is -0.399 e. The lowest BCUT2D eigenvalue weighted by molar-refractivity contribution is 0.0457. The highest BCUT2D eigenvalue weighted by Crippen LogP contribution is 2.24. The molecule has 2 N–H and O–H groups in total. The van der Waals surface area contributed by atoms with Crippen LogP contribution in [0, 0.1) is 0 Å². The summed E-state index contributed by atoms with van der Waals surface area (Å²) in [5, 5.41) is 0. The average Bonchev–Trinajstić information content (AvgIpc) is 3.00. The Morgan fingerprint density at radius 1 is 0.850 bits per heavy atom. The Kier molecular flexibility index (Phi) is 4.03. The molecular weight excluding hydrogens is 246 g/mol. The van der Waals surface area contributed by atoms with Crippen molar-refractivity contribution in [3.63, 3.8) is 0 Å². The van der Waals surface area contributed by atoms with E-state index in [2.05, 4.69) is 36.4 Å². The second kappa shape index (κ2) is 6.10. The number of rotatable bonds is 4. The van der Waals surface area contributed by atoms with Gasteiger partial charge in [-0.2, -0.15) is 0 Å². The minimum absolute atomic E-state index is 0.478. The van der Waals surface area contributed by atoms with E-state index in [1.807, 2.05) is 12.1 Å². The first-order chi connectivity index (χ1) is 9.81. The molecule has 1 aliphatic rings. The lowest BCUT2D eigenvalue weighted by Crippen LogP contribution is -2.06. The van der Waals surface area contributed by atoms with E-state index in [1.54, 1.807) is 0 Å². The fourth-order valence-corrected chi connectivity index (χ4v) is 2.74. The first-order valence-electron chi connectivity index (χ1n) is 7.38. The molecule has 0 bridgehead atoms. The zero-order valence-electron chi connectivity index (χ0n) is 11.7. The van der Waals surface area contributed by atoms with E-state index >= 15 is 0 Å². The van der Waals surface area contributed by atoms with Crippen LogP contribution >= 0.6 is 0 Å². The maximum atomic E-state index is 5.93. The number of hydrogen-bond acceptors (Lipinski definition) is 2. The van der Waals surface area contributed by atoms with Crippen LogP contribution in [0.2, 0.25) is 0 Å². The lowest BCUT2D eigenvalue weighted by Gasteiger charge is -2.11. The van der Waals surface area contributed by atoms with Crippen LogP contribution in [0.4, 0.5) is 5.69 Å². The molecule has 1 fully saturated rings. The molecular formula is C18H21NO. The van der Waals surface area contributed by atoms with Crippen molar-refractivity contribution in [2.75, 3.05) is 5.73 Å². The van der Waals surface area contributed by atoms with E-state index < -0.39 is 0 Å². The maximum Gasteiger partial charge on any atom is 0.0720 e. The van der Waals surface area contributed by atoms with Crippen LogP contribution in [-0.2, 0) is 11.3 Å². The second-order valence-electron chi connectivity index (χ2n) is 5.54. The molecule has 3 rings (SSSR count). The summed E-state index contributed by atoms with van der Waals surface area (Å²) in [6, 6.07) is 16.6. The van der Waals surface area contributed by atoms with Crippen LogP contribution < -0.4 is 5.73 Å². The van der Waals surface area contributed by atoms with Crippen molar-refractivity contribution in [3.05, 3.63) is 54.1 Å².